The molecule has 9 heteroatoms. The number of hydrogen-bond donors (Lipinski definition) is 2. The van der Waals surface area contributed by atoms with Gasteiger partial charge in [-0.15, -0.1) is 11.8 Å². The predicted octanol–water partition coefficient (Wildman–Crippen LogP) is 3.34. The van der Waals surface area contributed by atoms with Crippen molar-refractivity contribution in [1.82, 2.24) is 5.32 Å². The lowest BCUT2D eigenvalue weighted by Crippen LogP contribution is -2.37. The van der Waals surface area contributed by atoms with Gasteiger partial charge in [0, 0.05) is 10.6 Å². The van der Waals surface area contributed by atoms with E-state index < -0.39 is 30.3 Å². The van der Waals surface area contributed by atoms with Crippen molar-refractivity contribution < 1.29 is 27.9 Å². The number of halogens is 2. The van der Waals surface area contributed by atoms with E-state index in [9.17, 15) is 23.2 Å². The monoisotopic (exact) mass is 394 g/mol. The number of anilines is 1. The highest BCUT2D eigenvalue weighted by atomic mass is 32.2. The van der Waals surface area contributed by atoms with Crippen molar-refractivity contribution >= 4 is 35.4 Å². The summed E-state index contributed by atoms with van der Waals surface area (Å²) in [7, 11) is 0. The zero-order valence-corrected chi connectivity index (χ0v) is 14.9. The Hall–Kier alpha value is -2.94. The van der Waals surface area contributed by atoms with Gasteiger partial charge in [-0.3, -0.25) is 14.9 Å². The summed E-state index contributed by atoms with van der Waals surface area (Å²) in [5.74, 6) is -2.06. The minimum absolute atomic E-state index is 0.0384. The summed E-state index contributed by atoms with van der Waals surface area (Å²) in [6.07, 6.45) is 0.0384. The Morgan fingerprint density at radius 3 is 2.41 bits per heavy atom. The van der Waals surface area contributed by atoms with E-state index in [1.165, 1.54) is 42.1 Å². The van der Waals surface area contributed by atoms with E-state index in [1.807, 2.05) is 5.32 Å². The average molecular weight is 394 g/mol. The van der Waals surface area contributed by atoms with Gasteiger partial charge < -0.3 is 10.1 Å². The van der Waals surface area contributed by atoms with Crippen molar-refractivity contribution in [2.75, 3.05) is 17.7 Å². The maximum Gasteiger partial charge on any atom is 0.326 e. The number of rotatable bonds is 7. The van der Waals surface area contributed by atoms with Crippen LogP contribution < -0.4 is 10.6 Å². The first-order valence-electron chi connectivity index (χ1n) is 7.83. The molecule has 0 aromatic heterocycles. The Morgan fingerprint density at radius 1 is 1.00 bits per heavy atom. The molecule has 0 aliphatic carbocycles. The number of imide groups is 1. The van der Waals surface area contributed by atoms with E-state index >= 15 is 0 Å². The molecule has 142 valence electrons. The Morgan fingerprint density at radius 2 is 1.70 bits per heavy atom. The molecular weight excluding hydrogens is 378 g/mol. The van der Waals surface area contributed by atoms with Gasteiger partial charge in [0.1, 0.15) is 11.6 Å². The SMILES string of the molecule is O=C(COC(=O)CCSc1ccc(F)cc1)NC(=O)Nc1ccccc1F. The van der Waals surface area contributed by atoms with Gasteiger partial charge in [0.25, 0.3) is 5.91 Å². The van der Waals surface area contributed by atoms with Crippen LogP contribution in [0.3, 0.4) is 0 Å². The van der Waals surface area contributed by atoms with E-state index in [4.69, 9.17) is 4.74 Å². The summed E-state index contributed by atoms with van der Waals surface area (Å²) in [6.45, 7) is -0.634. The predicted molar refractivity (Wildman–Crippen MR) is 96.3 cm³/mol. The van der Waals surface area contributed by atoms with Crippen molar-refractivity contribution in [1.29, 1.82) is 0 Å². The number of hydrogen-bond acceptors (Lipinski definition) is 5. The minimum Gasteiger partial charge on any atom is -0.456 e. The van der Waals surface area contributed by atoms with Crippen LogP contribution in [0.15, 0.2) is 53.4 Å². The molecular formula is C18H16F2N2O4S. The second-order valence-corrected chi connectivity index (χ2v) is 6.36. The lowest BCUT2D eigenvalue weighted by Gasteiger charge is -2.08. The number of amides is 3. The van der Waals surface area contributed by atoms with Crippen LogP contribution in [0.5, 0.6) is 0 Å². The van der Waals surface area contributed by atoms with Crippen molar-refractivity contribution in [2.24, 2.45) is 0 Å². The van der Waals surface area contributed by atoms with Crippen LogP contribution in [0.2, 0.25) is 0 Å². The van der Waals surface area contributed by atoms with Crippen LogP contribution in [0.1, 0.15) is 6.42 Å². The highest BCUT2D eigenvalue weighted by Crippen LogP contribution is 2.19. The van der Waals surface area contributed by atoms with Gasteiger partial charge in [0.05, 0.1) is 12.1 Å². The zero-order valence-electron chi connectivity index (χ0n) is 14.0. The van der Waals surface area contributed by atoms with Crippen molar-refractivity contribution in [2.45, 2.75) is 11.3 Å². The van der Waals surface area contributed by atoms with Crippen LogP contribution in [0, 0.1) is 11.6 Å². The molecule has 3 amide bonds. The van der Waals surface area contributed by atoms with E-state index in [0.717, 1.165) is 11.0 Å². The molecule has 0 radical (unpaired) electrons. The van der Waals surface area contributed by atoms with E-state index in [0.29, 0.717) is 5.75 Å². The number of carbonyl (C=O) groups is 3. The summed E-state index contributed by atoms with van der Waals surface area (Å²) < 4.78 is 30.9. The number of carbonyl (C=O) groups excluding carboxylic acids is 3. The van der Waals surface area contributed by atoms with Crippen molar-refractivity contribution in [3.63, 3.8) is 0 Å². The van der Waals surface area contributed by atoms with E-state index in [-0.39, 0.29) is 17.9 Å². The van der Waals surface area contributed by atoms with Gasteiger partial charge in [0.2, 0.25) is 0 Å². The first kappa shape index (κ1) is 20.4. The third kappa shape index (κ3) is 7.45. The van der Waals surface area contributed by atoms with Crippen molar-refractivity contribution in [3.8, 4) is 0 Å². The molecule has 0 aliphatic heterocycles. The second-order valence-electron chi connectivity index (χ2n) is 5.20. The fourth-order valence-corrected chi connectivity index (χ4v) is 2.71. The summed E-state index contributed by atoms with van der Waals surface area (Å²) in [5, 5.41) is 4.09. The minimum atomic E-state index is -0.937. The van der Waals surface area contributed by atoms with Gasteiger partial charge >= 0.3 is 12.0 Å². The second kappa shape index (κ2) is 10.3. The normalized spacial score (nSPS) is 10.1. The highest BCUT2D eigenvalue weighted by Gasteiger charge is 2.12. The summed E-state index contributed by atoms with van der Waals surface area (Å²) in [5.41, 5.74) is -0.0855. The molecule has 0 heterocycles. The van der Waals surface area contributed by atoms with Crippen LogP contribution in [0.25, 0.3) is 0 Å². The quantitative estimate of drug-likeness (QED) is 0.556. The molecule has 0 saturated carbocycles. The molecule has 2 aromatic carbocycles. The molecule has 0 atom stereocenters. The molecule has 0 fully saturated rings. The first-order chi connectivity index (χ1) is 12.9. The maximum absolute atomic E-state index is 13.4. The largest absolute Gasteiger partial charge is 0.456 e. The van der Waals surface area contributed by atoms with E-state index in [2.05, 4.69) is 5.32 Å². The number of thioether (sulfide) groups is 1. The number of para-hydroxylation sites is 1. The average Bonchev–Trinajstić information content (AvgIpc) is 2.63. The van der Waals surface area contributed by atoms with Crippen LogP contribution in [0.4, 0.5) is 19.3 Å². The molecule has 2 aromatic rings. The summed E-state index contributed by atoms with van der Waals surface area (Å²) in [6, 6.07) is 10.3. The lowest BCUT2D eigenvalue weighted by molar-refractivity contribution is -0.147. The molecule has 0 saturated heterocycles. The number of benzene rings is 2. The first-order valence-corrected chi connectivity index (χ1v) is 8.82. The number of esters is 1. The van der Waals surface area contributed by atoms with Crippen LogP contribution in [-0.4, -0.2) is 30.3 Å². The fraction of sp³-hybridized carbons (Fsp3) is 0.167. The molecule has 0 bridgehead atoms. The number of nitrogens with one attached hydrogen (secondary N) is 2. The van der Waals surface area contributed by atoms with E-state index in [1.54, 1.807) is 12.1 Å². The van der Waals surface area contributed by atoms with Crippen LogP contribution >= 0.6 is 11.8 Å². The van der Waals surface area contributed by atoms with Gasteiger partial charge in [-0.2, -0.15) is 0 Å². The highest BCUT2D eigenvalue weighted by molar-refractivity contribution is 7.99. The third-order valence-electron chi connectivity index (χ3n) is 3.13. The molecule has 27 heavy (non-hydrogen) atoms. The molecule has 0 aliphatic rings. The molecule has 0 unspecified atom stereocenters. The molecule has 2 rings (SSSR count). The van der Waals surface area contributed by atoms with Gasteiger partial charge in [-0.05, 0) is 36.4 Å². The molecule has 6 nitrogen and oxygen atoms in total. The zero-order chi connectivity index (χ0) is 19.6. The Labute approximate surface area is 158 Å². The van der Waals surface area contributed by atoms with Gasteiger partial charge in [0.15, 0.2) is 6.61 Å². The Kier molecular flexibility index (Phi) is 7.75. The smallest absolute Gasteiger partial charge is 0.326 e. The van der Waals surface area contributed by atoms with Gasteiger partial charge in [-0.1, -0.05) is 12.1 Å². The molecule has 0 spiro atoms. The van der Waals surface area contributed by atoms with Gasteiger partial charge in [-0.25, -0.2) is 13.6 Å². The standard InChI is InChI=1S/C18H16F2N2O4S/c19-12-5-7-13(8-6-12)27-10-9-17(24)26-11-16(23)22-18(25)21-15-4-2-1-3-14(15)20/h1-8H,9-11H2,(H2,21,22,23,25). The fourth-order valence-electron chi connectivity index (χ4n) is 1.88. The third-order valence-corrected chi connectivity index (χ3v) is 4.14. The van der Waals surface area contributed by atoms with Crippen molar-refractivity contribution in [3.05, 3.63) is 60.2 Å². The lowest BCUT2D eigenvalue weighted by atomic mass is 10.3. The summed E-state index contributed by atoms with van der Waals surface area (Å²) in [4.78, 5) is 35.6. The topological polar surface area (TPSA) is 84.5 Å². The molecule has 2 N–H and O–H groups in total. The maximum atomic E-state index is 13.4. The Balaban J connectivity index is 1.64. The summed E-state index contributed by atoms with van der Waals surface area (Å²) >= 11 is 1.34. The number of ether oxygens (including phenoxy) is 1. The van der Waals surface area contributed by atoms with Crippen LogP contribution in [-0.2, 0) is 14.3 Å². The Bertz CT molecular complexity index is 815. The number of urea groups is 1.